The molecule has 0 radical (unpaired) electrons. The highest BCUT2D eigenvalue weighted by Gasteiger charge is 2.77. The average molecular weight is 569 g/mol. The number of fused-ring (bicyclic) bond motifs is 1. The molecule has 8 atom stereocenters. The second-order valence-corrected chi connectivity index (χ2v) is 13.3. The highest BCUT2D eigenvalue weighted by molar-refractivity contribution is 8.02. The Morgan fingerprint density at radius 2 is 2.02 bits per heavy atom. The van der Waals surface area contributed by atoms with Gasteiger partial charge in [-0.1, -0.05) is 51.5 Å². The summed E-state index contributed by atoms with van der Waals surface area (Å²) < 4.78 is 4.83. The molecule has 218 valence electrons. The quantitative estimate of drug-likeness (QED) is 0.224. The number of aliphatic hydroxyl groups excluding tert-OH is 1. The summed E-state index contributed by atoms with van der Waals surface area (Å²) in [6, 6.07) is 4.63. The fraction of sp³-hybridized carbons (Fsp3) is 0.594. The second kappa shape index (κ2) is 12.1. The fourth-order valence-electron chi connectivity index (χ4n) is 7.11. The molecule has 0 aromatic heterocycles. The number of aliphatic hydroxyl groups is 1. The van der Waals surface area contributed by atoms with Gasteiger partial charge in [-0.2, -0.15) is 0 Å². The van der Waals surface area contributed by atoms with Crippen LogP contribution < -0.4 is 4.90 Å². The number of carbonyl (C=O) groups excluding carboxylic acids is 3. The Bertz CT molecular complexity index is 1170. The average Bonchev–Trinajstić information content (AvgIpc) is 3.52. The number of benzene rings is 1. The van der Waals surface area contributed by atoms with Gasteiger partial charge in [-0.05, 0) is 55.7 Å². The van der Waals surface area contributed by atoms with Crippen LogP contribution in [0.2, 0.25) is 0 Å². The number of carbonyl (C=O) groups is 3. The van der Waals surface area contributed by atoms with Crippen LogP contribution in [-0.2, 0) is 19.1 Å². The standard InChI is InChI=1S/C32H44N2O5S/c1-8-11-15-39-31(38)26-25-17-22(7)32(40-25)27(26)29(36)34(24(18-35)20(5)10-3)28(32)30(37)33(14-9-2)23-16-19(4)12-13-21(23)6/h8-9,12-13,16,20,22,24-28,35H,1-2,10-11,14-15,17-18H2,3-7H3/t20-,22?,24-,25+,26-,27-,28?,32?/m0/s1. The van der Waals surface area contributed by atoms with E-state index in [9.17, 15) is 19.5 Å². The Morgan fingerprint density at radius 3 is 2.65 bits per heavy atom. The van der Waals surface area contributed by atoms with Crippen molar-refractivity contribution in [3.63, 3.8) is 0 Å². The minimum absolute atomic E-state index is 0.0214. The van der Waals surface area contributed by atoms with Crippen LogP contribution >= 0.6 is 11.8 Å². The van der Waals surface area contributed by atoms with Crippen LogP contribution in [0, 0.1) is 37.5 Å². The Balaban J connectivity index is 1.86. The first-order valence-corrected chi connectivity index (χ1v) is 15.3. The molecule has 4 rings (SSSR count). The number of hydrogen-bond donors (Lipinski definition) is 1. The van der Waals surface area contributed by atoms with Gasteiger partial charge in [0.25, 0.3) is 5.91 Å². The highest BCUT2D eigenvalue weighted by Crippen LogP contribution is 2.69. The lowest BCUT2D eigenvalue weighted by Crippen LogP contribution is -2.60. The zero-order chi connectivity index (χ0) is 29.4. The first kappa shape index (κ1) is 30.4. The van der Waals surface area contributed by atoms with Crippen LogP contribution in [0.5, 0.6) is 0 Å². The van der Waals surface area contributed by atoms with E-state index in [0.717, 1.165) is 29.7 Å². The van der Waals surface area contributed by atoms with Gasteiger partial charge in [-0.25, -0.2) is 0 Å². The van der Waals surface area contributed by atoms with E-state index >= 15 is 0 Å². The number of rotatable bonds is 12. The molecule has 3 aliphatic heterocycles. The molecule has 8 heteroatoms. The molecule has 0 saturated carbocycles. The van der Waals surface area contributed by atoms with Gasteiger partial charge < -0.3 is 19.6 Å². The number of thioether (sulfide) groups is 1. The first-order chi connectivity index (χ1) is 19.1. The monoisotopic (exact) mass is 568 g/mol. The van der Waals surface area contributed by atoms with Crippen molar-refractivity contribution in [1.82, 2.24) is 4.90 Å². The normalized spacial score (nSPS) is 30.1. The van der Waals surface area contributed by atoms with E-state index in [1.807, 2.05) is 45.9 Å². The van der Waals surface area contributed by atoms with Crippen LogP contribution in [0.4, 0.5) is 5.69 Å². The number of amides is 2. The van der Waals surface area contributed by atoms with E-state index in [2.05, 4.69) is 20.1 Å². The molecule has 3 unspecified atom stereocenters. The van der Waals surface area contributed by atoms with Crippen LogP contribution in [0.1, 0.15) is 51.2 Å². The van der Waals surface area contributed by atoms with E-state index in [1.54, 1.807) is 33.7 Å². The molecule has 3 fully saturated rings. The highest BCUT2D eigenvalue weighted by atomic mass is 32.2. The van der Waals surface area contributed by atoms with E-state index in [-0.39, 0.29) is 54.6 Å². The van der Waals surface area contributed by atoms with Crippen LogP contribution in [0.25, 0.3) is 0 Å². The van der Waals surface area contributed by atoms with Crippen molar-refractivity contribution < 1.29 is 24.2 Å². The number of hydrogen-bond acceptors (Lipinski definition) is 6. The van der Waals surface area contributed by atoms with Gasteiger partial charge in [0.2, 0.25) is 5.91 Å². The summed E-state index contributed by atoms with van der Waals surface area (Å²) in [4.78, 5) is 46.3. The first-order valence-electron chi connectivity index (χ1n) is 14.5. The Kier molecular flexibility index (Phi) is 9.20. The third kappa shape index (κ3) is 4.81. The predicted octanol–water partition coefficient (Wildman–Crippen LogP) is 4.69. The molecule has 1 spiro atoms. The van der Waals surface area contributed by atoms with Gasteiger partial charge >= 0.3 is 5.97 Å². The second-order valence-electron chi connectivity index (χ2n) is 11.7. The molecule has 3 aliphatic rings. The molecule has 2 bridgehead atoms. The molecule has 3 heterocycles. The zero-order valence-corrected chi connectivity index (χ0v) is 25.3. The summed E-state index contributed by atoms with van der Waals surface area (Å²) in [5, 5.41) is 10.5. The fourth-order valence-corrected chi connectivity index (χ4v) is 9.50. The van der Waals surface area contributed by atoms with Gasteiger partial charge in [0.1, 0.15) is 6.04 Å². The summed E-state index contributed by atoms with van der Waals surface area (Å²) in [7, 11) is 0. The molecular weight excluding hydrogens is 524 g/mol. The predicted molar refractivity (Wildman–Crippen MR) is 160 cm³/mol. The van der Waals surface area contributed by atoms with Crippen LogP contribution in [-0.4, -0.2) is 69.6 Å². The molecule has 1 N–H and O–H groups in total. The van der Waals surface area contributed by atoms with E-state index < -0.39 is 28.7 Å². The molecule has 1 aromatic carbocycles. The molecule has 1 aromatic rings. The minimum Gasteiger partial charge on any atom is -0.465 e. The topological polar surface area (TPSA) is 87.1 Å². The van der Waals surface area contributed by atoms with Crippen molar-refractivity contribution in [3.05, 3.63) is 54.6 Å². The van der Waals surface area contributed by atoms with Crippen molar-refractivity contribution in [3.8, 4) is 0 Å². The third-order valence-corrected chi connectivity index (χ3v) is 11.4. The van der Waals surface area contributed by atoms with E-state index in [0.29, 0.717) is 6.42 Å². The molecule has 2 amide bonds. The van der Waals surface area contributed by atoms with E-state index in [4.69, 9.17) is 4.74 Å². The smallest absolute Gasteiger partial charge is 0.310 e. The number of ether oxygens (including phenoxy) is 1. The summed E-state index contributed by atoms with van der Waals surface area (Å²) >= 11 is 1.62. The molecule has 3 saturated heterocycles. The molecule has 0 aliphatic carbocycles. The van der Waals surface area contributed by atoms with Gasteiger partial charge in [-0.3, -0.25) is 14.4 Å². The maximum atomic E-state index is 14.9. The number of esters is 1. The largest absolute Gasteiger partial charge is 0.465 e. The lowest BCUT2D eigenvalue weighted by Gasteiger charge is -2.43. The zero-order valence-electron chi connectivity index (χ0n) is 24.5. The minimum atomic E-state index is -0.827. The van der Waals surface area contributed by atoms with Crippen LogP contribution in [0.3, 0.4) is 0 Å². The number of likely N-dealkylation sites (tertiary alicyclic amines) is 1. The van der Waals surface area contributed by atoms with Gasteiger partial charge in [0.05, 0.1) is 35.8 Å². The van der Waals surface area contributed by atoms with Gasteiger partial charge in [0.15, 0.2) is 0 Å². The third-order valence-electron chi connectivity index (χ3n) is 9.33. The summed E-state index contributed by atoms with van der Waals surface area (Å²) in [5.41, 5.74) is 2.76. The van der Waals surface area contributed by atoms with Crippen molar-refractivity contribution >= 4 is 35.2 Å². The Labute approximate surface area is 243 Å². The van der Waals surface area contributed by atoms with Crippen molar-refractivity contribution in [2.45, 2.75) is 76.0 Å². The summed E-state index contributed by atoms with van der Waals surface area (Å²) in [6.45, 7) is 18.0. The van der Waals surface area contributed by atoms with Crippen molar-refractivity contribution in [1.29, 1.82) is 0 Å². The van der Waals surface area contributed by atoms with Crippen LogP contribution in [0.15, 0.2) is 43.5 Å². The maximum Gasteiger partial charge on any atom is 0.310 e. The molecule has 7 nitrogen and oxygen atoms in total. The Morgan fingerprint density at radius 1 is 1.30 bits per heavy atom. The van der Waals surface area contributed by atoms with E-state index in [1.165, 1.54) is 0 Å². The summed E-state index contributed by atoms with van der Waals surface area (Å²) in [5.74, 6) is -2.10. The maximum absolute atomic E-state index is 14.9. The number of aryl methyl sites for hydroxylation is 2. The SMILES string of the molecule is C=CCCOC(=O)[C@@H]1[C@H]2C(=O)N([C@@H](CO)[C@@H](C)CC)C(C(=O)N(CC=C)c3cc(C)ccc3C)C23S[C@@H]1CC3C. The van der Waals surface area contributed by atoms with Crippen molar-refractivity contribution in [2.24, 2.45) is 23.7 Å². The lowest BCUT2D eigenvalue weighted by molar-refractivity contribution is -0.155. The number of anilines is 1. The molecule has 40 heavy (non-hydrogen) atoms. The van der Waals surface area contributed by atoms with Crippen molar-refractivity contribution in [2.75, 3.05) is 24.7 Å². The summed E-state index contributed by atoms with van der Waals surface area (Å²) in [6.07, 6.45) is 5.40. The Hall–Kier alpha value is -2.58. The number of nitrogens with zero attached hydrogens (tertiary/aromatic N) is 2. The van der Waals surface area contributed by atoms with Gasteiger partial charge in [0, 0.05) is 17.5 Å². The molecular formula is C32H44N2O5S. The lowest BCUT2D eigenvalue weighted by atomic mass is 9.66. The van der Waals surface area contributed by atoms with Gasteiger partial charge in [-0.15, -0.1) is 24.9 Å².